The van der Waals surface area contributed by atoms with Gasteiger partial charge in [0.15, 0.2) is 0 Å². The summed E-state index contributed by atoms with van der Waals surface area (Å²) in [7, 11) is 1.91. The van der Waals surface area contributed by atoms with Crippen LogP contribution in [0.2, 0.25) is 0 Å². The quantitative estimate of drug-likeness (QED) is 0.583. The molecule has 13 heavy (non-hydrogen) atoms. The molecule has 1 amide bonds. The second kappa shape index (κ2) is 8.34. The molecule has 0 aromatic heterocycles. The molecule has 0 rings (SSSR count). The van der Waals surface area contributed by atoms with Gasteiger partial charge in [-0.2, -0.15) is 11.8 Å². The van der Waals surface area contributed by atoms with Crippen LogP contribution in [0.5, 0.6) is 0 Å². The van der Waals surface area contributed by atoms with Crippen LogP contribution in [0, 0.1) is 0 Å². The Labute approximate surface area is 83.7 Å². The minimum Gasteiger partial charge on any atom is -0.395 e. The minimum atomic E-state index is -0.0300. The van der Waals surface area contributed by atoms with Gasteiger partial charge < -0.3 is 10.4 Å². The van der Waals surface area contributed by atoms with Crippen LogP contribution in [-0.2, 0) is 4.79 Å². The molecule has 2 N–H and O–H groups in total. The number of carbonyl (C=O) groups is 1. The Morgan fingerprint density at radius 1 is 1.62 bits per heavy atom. The molecule has 0 aromatic rings. The van der Waals surface area contributed by atoms with Crippen LogP contribution in [0.4, 0.5) is 0 Å². The molecule has 0 saturated heterocycles. The Morgan fingerprint density at radius 2 is 2.31 bits per heavy atom. The average molecular weight is 206 g/mol. The average Bonchev–Trinajstić information content (AvgIpc) is 2.11. The molecule has 78 valence electrons. The third kappa shape index (κ3) is 8.08. The summed E-state index contributed by atoms with van der Waals surface area (Å²) in [6.07, 6.45) is 2.04. The van der Waals surface area contributed by atoms with Crippen molar-refractivity contribution in [3.8, 4) is 0 Å². The molecule has 0 aliphatic carbocycles. The second-order valence-corrected chi connectivity index (χ2v) is 3.79. The van der Waals surface area contributed by atoms with Gasteiger partial charge >= 0.3 is 0 Å². The Morgan fingerprint density at radius 3 is 2.85 bits per heavy atom. The first-order valence-corrected chi connectivity index (χ1v) is 5.65. The van der Waals surface area contributed by atoms with E-state index in [0.717, 1.165) is 12.3 Å². The van der Waals surface area contributed by atoms with E-state index in [9.17, 15) is 4.79 Å². The summed E-state index contributed by atoms with van der Waals surface area (Å²) in [4.78, 5) is 13.1. The smallest absolute Gasteiger partial charge is 0.234 e. The largest absolute Gasteiger partial charge is 0.395 e. The lowest BCUT2D eigenvalue weighted by Crippen LogP contribution is -2.37. The highest BCUT2D eigenvalue weighted by atomic mass is 32.2. The monoisotopic (exact) mass is 206 g/mol. The second-order valence-electron chi connectivity index (χ2n) is 2.80. The van der Waals surface area contributed by atoms with Crippen LogP contribution < -0.4 is 5.32 Å². The number of carbonyl (C=O) groups excluding carboxylic acids is 1. The Hall–Kier alpha value is -0.260. The number of hydrogen-bond donors (Lipinski definition) is 2. The number of likely N-dealkylation sites (N-methyl/N-ethyl adjacent to an activating group) is 1. The van der Waals surface area contributed by atoms with Crippen molar-refractivity contribution >= 4 is 17.7 Å². The first kappa shape index (κ1) is 12.7. The van der Waals surface area contributed by atoms with Crippen molar-refractivity contribution in [1.29, 1.82) is 0 Å². The van der Waals surface area contributed by atoms with E-state index in [-0.39, 0.29) is 12.5 Å². The van der Waals surface area contributed by atoms with E-state index in [2.05, 4.69) is 5.32 Å². The maximum atomic E-state index is 11.1. The summed E-state index contributed by atoms with van der Waals surface area (Å²) in [6.45, 7) is 1.66. The van der Waals surface area contributed by atoms with Gasteiger partial charge in [0.25, 0.3) is 0 Å². The van der Waals surface area contributed by atoms with Crippen molar-refractivity contribution in [3.05, 3.63) is 0 Å². The molecule has 0 atom stereocenters. The molecule has 0 saturated carbocycles. The number of thioether (sulfide) groups is 1. The predicted molar refractivity (Wildman–Crippen MR) is 56.0 cm³/mol. The van der Waals surface area contributed by atoms with Gasteiger partial charge in [-0.3, -0.25) is 9.69 Å². The van der Waals surface area contributed by atoms with Crippen molar-refractivity contribution in [2.45, 2.75) is 0 Å². The number of aliphatic hydroxyl groups is 1. The zero-order chi connectivity index (χ0) is 10.1. The first-order chi connectivity index (χ1) is 6.20. The van der Waals surface area contributed by atoms with Crippen LogP contribution in [0.1, 0.15) is 0 Å². The Balaban J connectivity index is 3.41. The SMILES string of the molecule is CSCCN(C)CC(=O)NCCO. The summed E-state index contributed by atoms with van der Waals surface area (Å²) in [6, 6.07) is 0. The molecule has 0 aliphatic rings. The molecule has 0 fully saturated rings. The van der Waals surface area contributed by atoms with Crippen molar-refractivity contribution < 1.29 is 9.90 Å². The van der Waals surface area contributed by atoms with E-state index < -0.39 is 0 Å². The zero-order valence-corrected chi connectivity index (χ0v) is 9.06. The molecule has 5 heteroatoms. The summed E-state index contributed by atoms with van der Waals surface area (Å²) in [5, 5.41) is 11.1. The van der Waals surface area contributed by atoms with E-state index in [1.165, 1.54) is 0 Å². The van der Waals surface area contributed by atoms with Gasteiger partial charge in [0, 0.05) is 18.8 Å². The fourth-order valence-electron chi connectivity index (χ4n) is 0.823. The van der Waals surface area contributed by atoms with Crippen molar-refractivity contribution in [2.24, 2.45) is 0 Å². The van der Waals surface area contributed by atoms with Crippen molar-refractivity contribution in [2.75, 3.05) is 45.3 Å². The van der Waals surface area contributed by atoms with Gasteiger partial charge in [0.1, 0.15) is 0 Å². The van der Waals surface area contributed by atoms with Gasteiger partial charge in [-0.05, 0) is 13.3 Å². The van der Waals surface area contributed by atoms with Crippen LogP contribution >= 0.6 is 11.8 Å². The van der Waals surface area contributed by atoms with Crippen LogP contribution in [0.3, 0.4) is 0 Å². The van der Waals surface area contributed by atoms with E-state index in [1.807, 2.05) is 18.2 Å². The van der Waals surface area contributed by atoms with Crippen LogP contribution in [0.25, 0.3) is 0 Å². The topological polar surface area (TPSA) is 52.6 Å². The highest BCUT2D eigenvalue weighted by molar-refractivity contribution is 7.98. The molecular formula is C8H18N2O2S. The normalized spacial score (nSPS) is 10.5. The number of rotatable bonds is 7. The first-order valence-electron chi connectivity index (χ1n) is 4.25. The molecule has 0 radical (unpaired) electrons. The zero-order valence-electron chi connectivity index (χ0n) is 8.25. The lowest BCUT2D eigenvalue weighted by atomic mass is 10.5. The minimum absolute atomic E-state index is 0.000264. The summed E-state index contributed by atoms with van der Waals surface area (Å²) >= 11 is 1.76. The third-order valence-electron chi connectivity index (χ3n) is 1.52. The Kier molecular flexibility index (Phi) is 8.18. The van der Waals surface area contributed by atoms with E-state index in [4.69, 9.17) is 5.11 Å². The van der Waals surface area contributed by atoms with Gasteiger partial charge in [0.05, 0.1) is 13.2 Å². The predicted octanol–water partition coefficient (Wildman–Crippen LogP) is -0.610. The molecule has 0 spiro atoms. The fourth-order valence-corrected chi connectivity index (χ4v) is 1.32. The highest BCUT2D eigenvalue weighted by Gasteiger charge is 2.04. The Bertz CT molecular complexity index is 144. The third-order valence-corrected chi connectivity index (χ3v) is 2.12. The number of nitrogens with zero attached hydrogens (tertiary/aromatic N) is 1. The van der Waals surface area contributed by atoms with Crippen LogP contribution in [-0.4, -0.2) is 61.2 Å². The van der Waals surface area contributed by atoms with Crippen LogP contribution in [0.15, 0.2) is 0 Å². The van der Waals surface area contributed by atoms with Gasteiger partial charge in [-0.1, -0.05) is 0 Å². The lowest BCUT2D eigenvalue weighted by molar-refractivity contribution is -0.122. The molecular weight excluding hydrogens is 188 g/mol. The van der Waals surface area contributed by atoms with Crippen molar-refractivity contribution in [1.82, 2.24) is 10.2 Å². The molecule has 0 aliphatic heterocycles. The van der Waals surface area contributed by atoms with E-state index in [1.54, 1.807) is 11.8 Å². The van der Waals surface area contributed by atoms with E-state index in [0.29, 0.717) is 13.1 Å². The molecule has 0 heterocycles. The highest BCUT2D eigenvalue weighted by Crippen LogP contribution is 1.92. The van der Waals surface area contributed by atoms with E-state index >= 15 is 0 Å². The molecule has 4 nitrogen and oxygen atoms in total. The standard InChI is InChI=1S/C8H18N2O2S/c1-10(4-6-13-2)7-8(12)9-3-5-11/h11H,3-7H2,1-2H3,(H,9,12). The lowest BCUT2D eigenvalue weighted by Gasteiger charge is -2.14. The molecule has 0 bridgehead atoms. The number of nitrogens with one attached hydrogen (secondary N) is 1. The fraction of sp³-hybridized carbons (Fsp3) is 0.875. The summed E-state index contributed by atoms with van der Waals surface area (Å²) < 4.78 is 0. The van der Waals surface area contributed by atoms with Gasteiger partial charge in [-0.15, -0.1) is 0 Å². The summed E-state index contributed by atoms with van der Waals surface area (Å²) in [5.41, 5.74) is 0. The molecule has 0 unspecified atom stereocenters. The van der Waals surface area contributed by atoms with Gasteiger partial charge in [0.2, 0.25) is 5.91 Å². The van der Waals surface area contributed by atoms with Gasteiger partial charge in [-0.25, -0.2) is 0 Å². The summed E-state index contributed by atoms with van der Waals surface area (Å²) in [5.74, 6) is 1.00. The maximum Gasteiger partial charge on any atom is 0.234 e. The maximum absolute atomic E-state index is 11.1. The van der Waals surface area contributed by atoms with Crippen molar-refractivity contribution in [3.63, 3.8) is 0 Å². The number of amides is 1. The number of aliphatic hydroxyl groups excluding tert-OH is 1. The number of hydrogen-bond acceptors (Lipinski definition) is 4. The molecule has 0 aromatic carbocycles.